The van der Waals surface area contributed by atoms with E-state index in [0.29, 0.717) is 5.69 Å². The number of benzene rings is 2. The average molecular weight is 400 g/mol. The molecule has 3 heterocycles. The molecule has 1 aliphatic rings. The third-order valence-electron chi connectivity index (χ3n) is 5.51. The molecule has 1 saturated heterocycles. The zero-order valence-corrected chi connectivity index (χ0v) is 16.7. The molecule has 0 spiro atoms. The number of carbonyl (C=O) groups excluding carboxylic acids is 1. The van der Waals surface area contributed by atoms with Crippen molar-refractivity contribution in [1.29, 1.82) is 0 Å². The summed E-state index contributed by atoms with van der Waals surface area (Å²) >= 11 is 0. The minimum absolute atomic E-state index is 0.0785. The van der Waals surface area contributed by atoms with Gasteiger partial charge in [-0.3, -0.25) is 9.48 Å². The van der Waals surface area contributed by atoms with Crippen molar-refractivity contribution in [3.8, 4) is 11.3 Å². The zero-order chi connectivity index (χ0) is 20.3. The Morgan fingerprint density at radius 2 is 1.97 bits per heavy atom. The number of nitrogens with zero attached hydrogens (tertiary/aromatic N) is 3. The van der Waals surface area contributed by atoms with Crippen LogP contribution in [-0.4, -0.2) is 33.0 Å². The van der Waals surface area contributed by atoms with E-state index in [1.54, 1.807) is 6.20 Å². The number of ether oxygens (including phenoxy) is 1. The number of nitrogens with one attached hydrogen (secondary N) is 1. The van der Waals surface area contributed by atoms with Crippen molar-refractivity contribution in [2.24, 2.45) is 0 Å². The fourth-order valence-corrected chi connectivity index (χ4v) is 4.10. The van der Waals surface area contributed by atoms with E-state index in [0.717, 1.165) is 48.2 Å². The summed E-state index contributed by atoms with van der Waals surface area (Å²) in [5.74, 6) is -0.0785. The molecular formula is C24H24N4O2. The Morgan fingerprint density at radius 3 is 2.80 bits per heavy atom. The van der Waals surface area contributed by atoms with Crippen LogP contribution in [0.5, 0.6) is 0 Å². The summed E-state index contributed by atoms with van der Waals surface area (Å²) in [6.45, 7) is 1.77. The molecule has 0 aliphatic carbocycles. The summed E-state index contributed by atoms with van der Waals surface area (Å²) in [5.41, 5.74) is 3.86. The Hall–Kier alpha value is -3.38. The molecule has 0 unspecified atom stereocenters. The van der Waals surface area contributed by atoms with Crippen LogP contribution in [-0.2, 0) is 22.6 Å². The predicted octanol–water partition coefficient (Wildman–Crippen LogP) is 4.32. The lowest BCUT2D eigenvalue weighted by Crippen LogP contribution is -2.19. The minimum atomic E-state index is -0.0785. The molecule has 2 aromatic heterocycles. The molecule has 1 N–H and O–H groups in total. The SMILES string of the molecule is O=C(Cn1c(-c2ccccc2)cc2ccccc21)Nc1cnn(C[C@H]2CCCO2)c1. The highest BCUT2D eigenvalue weighted by Crippen LogP contribution is 2.28. The van der Waals surface area contributed by atoms with Crippen molar-refractivity contribution in [1.82, 2.24) is 14.3 Å². The van der Waals surface area contributed by atoms with Crippen LogP contribution in [0, 0.1) is 0 Å². The van der Waals surface area contributed by atoms with Crippen LogP contribution in [0.4, 0.5) is 5.69 Å². The Balaban J connectivity index is 1.35. The van der Waals surface area contributed by atoms with Crippen molar-refractivity contribution in [2.45, 2.75) is 32.0 Å². The molecular weight excluding hydrogens is 376 g/mol. The van der Waals surface area contributed by atoms with E-state index in [1.807, 2.05) is 41.2 Å². The van der Waals surface area contributed by atoms with Crippen LogP contribution in [0.3, 0.4) is 0 Å². The highest BCUT2D eigenvalue weighted by Gasteiger charge is 2.17. The second-order valence-corrected chi connectivity index (χ2v) is 7.67. The molecule has 1 atom stereocenters. The second kappa shape index (κ2) is 8.16. The quantitative estimate of drug-likeness (QED) is 0.524. The van der Waals surface area contributed by atoms with Gasteiger partial charge in [-0.05, 0) is 30.5 Å². The molecule has 4 aromatic rings. The number of carbonyl (C=O) groups is 1. The van der Waals surface area contributed by atoms with Gasteiger partial charge in [0.2, 0.25) is 5.91 Å². The number of fused-ring (bicyclic) bond motifs is 1. The number of para-hydroxylation sites is 1. The Kier molecular flexibility index (Phi) is 5.07. The normalized spacial score (nSPS) is 16.2. The molecule has 1 fully saturated rings. The van der Waals surface area contributed by atoms with Crippen LogP contribution in [0.1, 0.15) is 12.8 Å². The van der Waals surface area contributed by atoms with Crippen LogP contribution in [0.2, 0.25) is 0 Å². The number of anilines is 1. The first-order chi connectivity index (χ1) is 14.8. The largest absolute Gasteiger partial charge is 0.376 e. The van der Waals surface area contributed by atoms with E-state index in [4.69, 9.17) is 4.74 Å². The first kappa shape index (κ1) is 18.6. The first-order valence-electron chi connectivity index (χ1n) is 10.3. The van der Waals surface area contributed by atoms with Gasteiger partial charge in [-0.25, -0.2) is 0 Å². The van der Waals surface area contributed by atoms with Gasteiger partial charge < -0.3 is 14.6 Å². The van der Waals surface area contributed by atoms with Gasteiger partial charge in [-0.2, -0.15) is 5.10 Å². The monoisotopic (exact) mass is 400 g/mol. The van der Waals surface area contributed by atoms with Gasteiger partial charge >= 0.3 is 0 Å². The maximum atomic E-state index is 12.9. The van der Waals surface area contributed by atoms with Gasteiger partial charge in [0.1, 0.15) is 6.54 Å². The lowest BCUT2D eigenvalue weighted by atomic mass is 10.1. The molecule has 1 aliphatic heterocycles. The number of aromatic nitrogens is 3. The molecule has 6 heteroatoms. The molecule has 152 valence electrons. The lowest BCUT2D eigenvalue weighted by molar-refractivity contribution is -0.116. The van der Waals surface area contributed by atoms with Gasteiger partial charge in [0, 0.05) is 29.4 Å². The first-order valence-corrected chi connectivity index (χ1v) is 10.3. The predicted molar refractivity (Wildman–Crippen MR) is 117 cm³/mol. The lowest BCUT2D eigenvalue weighted by Gasteiger charge is -2.11. The van der Waals surface area contributed by atoms with E-state index < -0.39 is 0 Å². The second-order valence-electron chi connectivity index (χ2n) is 7.67. The van der Waals surface area contributed by atoms with Gasteiger partial charge in [-0.15, -0.1) is 0 Å². The van der Waals surface area contributed by atoms with Crippen molar-refractivity contribution < 1.29 is 9.53 Å². The summed E-state index contributed by atoms with van der Waals surface area (Å²) in [6, 6.07) is 20.4. The highest BCUT2D eigenvalue weighted by molar-refractivity contribution is 5.94. The number of amides is 1. The number of hydrogen-bond donors (Lipinski definition) is 1. The molecule has 1 amide bonds. The molecule has 6 nitrogen and oxygen atoms in total. The average Bonchev–Trinajstić information content (AvgIpc) is 3.51. The molecule has 5 rings (SSSR count). The standard InChI is InChI=1S/C24H24N4O2/c29-24(26-20-14-25-27(15-20)16-21-10-6-12-30-21)17-28-22-11-5-4-9-19(22)13-23(28)18-7-2-1-3-8-18/h1-5,7-9,11,13-15,21H,6,10,12,16-17H2,(H,26,29)/t21-/m1/s1. The molecule has 30 heavy (non-hydrogen) atoms. The van der Waals surface area contributed by atoms with Crippen molar-refractivity contribution in [3.63, 3.8) is 0 Å². The zero-order valence-electron chi connectivity index (χ0n) is 16.7. The van der Waals surface area contributed by atoms with Gasteiger partial charge in [0.05, 0.1) is 24.5 Å². The summed E-state index contributed by atoms with van der Waals surface area (Å²) in [6.07, 6.45) is 5.94. The number of hydrogen-bond acceptors (Lipinski definition) is 3. The maximum Gasteiger partial charge on any atom is 0.244 e. The van der Waals surface area contributed by atoms with Crippen LogP contribution in [0.25, 0.3) is 22.2 Å². The minimum Gasteiger partial charge on any atom is -0.376 e. The fraction of sp³-hybridized carbons (Fsp3) is 0.250. The molecule has 0 saturated carbocycles. The van der Waals surface area contributed by atoms with E-state index in [9.17, 15) is 4.79 Å². The van der Waals surface area contributed by atoms with Crippen LogP contribution >= 0.6 is 0 Å². The summed E-state index contributed by atoms with van der Waals surface area (Å²) < 4.78 is 9.57. The van der Waals surface area contributed by atoms with Crippen LogP contribution in [0.15, 0.2) is 73.1 Å². The Bertz CT molecular complexity index is 1160. The number of rotatable bonds is 6. The third-order valence-corrected chi connectivity index (χ3v) is 5.51. The Morgan fingerprint density at radius 1 is 1.13 bits per heavy atom. The van der Waals surface area contributed by atoms with E-state index >= 15 is 0 Å². The van der Waals surface area contributed by atoms with Crippen LogP contribution < -0.4 is 5.32 Å². The van der Waals surface area contributed by atoms with Gasteiger partial charge in [0.25, 0.3) is 0 Å². The molecule has 2 aromatic carbocycles. The molecule has 0 bridgehead atoms. The maximum absolute atomic E-state index is 12.9. The highest BCUT2D eigenvalue weighted by atomic mass is 16.5. The van der Waals surface area contributed by atoms with Crippen molar-refractivity contribution in [2.75, 3.05) is 11.9 Å². The molecule has 0 radical (unpaired) electrons. The smallest absolute Gasteiger partial charge is 0.244 e. The van der Waals surface area contributed by atoms with E-state index in [2.05, 4.69) is 45.3 Å². The van der Waals surface area contributed by atoms with E-state index in [-0.39, 0.29) is 18.6 Å². The fourth-order valence-electron chi connectivity index (χ4n) is 4.10. The summed E-state index contributed by atoms with van der Waals surface area (Å²) in [7, 11) is 0. The summed E-state index contributed by atoms with van der Waals surface area (Å²) in [4.78, 5) is 12.9. The van der Waals surface area contributed by atoms with Gasteiger partial charge in [-0.1, -0.05) is 48.5 Å². The van der Waals surface area contributed by atoms with E-state index in [1.165, 1.54) is 0 Å². The third kappa shape index (κ3) is 3.86. The van der Waals surface area contributed by atoms with Crippen molar-refractivity contribution >= 4 is 22.5 Å². The van der Waals surface area contributed by atoms with Crippen molar-refractivity contribution in [3.05, 3.63) is 73.1 Å². The summed E-state index contributed by atoms with van der Waals surface area (Å²) in [5, 5.41) is 8.46. The van der Waals surface area contributed by atoms with Gasteiger partial charge in [0.15, 0.2) is 0 Å². The Labute approximate surface area is 175 Å². The topological polar surface area (TPSA) is 61.1 Å².